The fourth-order valence-electron chi connectivity index (χ4n) is 4.95. The van der Waals surface area contributed by atoms with Gasteiger partial charge in [-0.1, -0.05) is 30.8 Å². The number of amides is 4. The van der Waals surface area contributed by atoms with Crippen LogP contribution in [0.2, 0.25) is 0 Å². The van der Waals surface area contributed by atoms with Crippen LogP contribution in [-0.2, 0) is 16.0 Å². The minimum absolute atomic E-state index is 0.325. The first-order valence-corrected chi connectivity index (χ1v) is 14.6. The molecular weight excluding hydrogens is 544 g/mol. The number of rotatable bonds is 11. The van der Waals surface area contributed by atoms with E-state index in [-0.39, 0.29) is 5.91 Å². The van der Waals surface area contributed by atoms with Crippen molar-refractivity contribution in [2.24, 2.45) is 0 Å². The summed E-state index contributed by atoms with van der Waals surface area (Å²) in [5, 5.41) is 15.8. The van der Waals surface area contributed by atoms with Crippen LogP contribution in [0.25, 0.3) is 16.5 Å². The molecule has 3 aromatic rings. The molecule has 10 nitrogen and oxygen atoms in total. The number of aromatic nitrogens is 1. The fourth-order valence-corrected chi connectivity index (χ4v) is 4.95. The summed E-state index contributed by atoms with van der Waals surface area (Å²) in [5.41, 5.74) is 5.94. The van der Waals surface area contributed by atoms with E-state index >= 15 is 0 Å². The number of fused-ring (bicyclic) bond motifs is 2. The van der Waals surface area contributed by atoms with Gasteiger partial charge in [-0.25, -0.2) is 9.59 Å². The molecule has 1 aliphatic heterocycles. The normalized spacial score (nSPS) is 13.3. The third-order valence-corrected chi connectivity index (χ3v) is 6.96. The van der Waals surface area contributed by atoms with Crippen LogP contribution in [-0.4, -0.2) is 47.7 Å². The average Bonchev–Trinajstić information content (AvgIpc) is 3.34. The predicted molar refractivity (Wildman–Crippen MR) is 172 cm³/mol. The molecular formula is C33H42N6O4. The Morgan fingerprint density at radius 3 is 2.60 bits per heavy atom. The molecule has 0 spiro atoms. The summed E-state index contributed by atoms with van der Waals surface area (Å²) in [7, 11) is 0. The summed E-state index contributed by atoms with van der Waals surface area (Å²) in [6, 6.07) is 12.5. The highest BCUT2D eigenvalue weighted by atomic mass is 16.6. The van der Waals surface area contributed by atoms with E-state index in [4.69, 9.17) is 4.74 Å². The number of benzene rings is 2. The zero-order valence-corrected chi connectivity index (χ0v) is 25.4. The number of urea groups is 1. The second-order valence-corrected chi connectivity index (χ2v) is 11.7. The number of H-pyrrole nitrogens is 1. The first-order valence-electron chi connectivity index (χ1n) is 14.6. The van der Waals surface area contributed by atoms with Crippen LogP contribution in [0.1, 0.15) is 58.1 Å². The molecule has 1 aliphatic rings. The Hall–Kier alpha value is -4.73. The SMILES string of the molecule is C=C1C=C(C)c2ccc(NC(=O)[C@H](CCCCNC(=O)OC(C)(C)C)NC(=O)NCCc3c[nH]c4ccccc34)cc2N1. The quantitative estimate of drug-likeness (QED) is 0.152. The molecule has 6 N–H and O–H groups in total. The fraction of sp³-hybridized carbons (Fsp3) is 0.364. The molecule has 43 heavy (non-hydrogen) atoms. The van der Waals surface area contributed by atoms with Crippen LogP contribution in [0.5, 0.6) is 0 Å². The highest BCUT2D eigenvalue weighted by molar-refractivity contribution is 5.98. The molecule has 2 aromatic carbocycles. The maximum absolute atomic E-state index is 13.4. The van der Waals surface area contributed by atoms with E-state index in [1.54, 1.807) is 20.8 Å². The van der Waals surface area contributed by atoms with Crippen LogP contribution >= 0.6 is 0 Å². The first-order chi connectivity index (χ1) is 20.5. The van der Waals surface area contributed by atoms with Crippen LogP contribution in [0.3, 0.4) is 0 Å². The maximum atomic E-state index is 13.4. The summed E-state index contributed by atoms with van der Waals surface area (Å²) in [5.74, 6) is -0.325. The Morgan fingerprint density at radius 1 is 1.02 bits per heavy atom. The van der Waals surface area contributed by atoms with Crippen molar-refractivity contribution in [2.75, 3.05) is 23.7 Å². The number of hydrogen-bond acceptors (Lipinski definition) is 5. The molecule has 0 aliphatic carbocycles. The minimum atomic E-state index is -0.782. The maximum Gasteiger partial charge on any atom is 0.407 e. The second kappa shape index (κ2) is 14.0. The lowest BCUT2D eigenvalue weighted by atomic mass is 10.00. The zero-order chi connectivity index (χ0) is 31.0. The summed E-state index contributed by atoms with van der Waals surface area (Å²) in [6.45, 7) is 12.2. The lowest BCUT2D eigenvalue weighted by molar-refractivity contribution is -0.118. The number of allylic oxidation sites excluding steroid dienone is 2. The molecule has 228 valence electrons. The number of ether oxygens (including phenoxy) is 1. The van der Waals surface area contributed by atoms with Gasteiger partial charge in [-0.15, -0.1) is 0 Å². The van der Waals surface area contributed by atoms with Gasteiger partial charge in [0.25, 0.3) is 0 Å². The molecule has 0 bridgehead atoms. The number of anilines is 2. The van der Waals surface area contributed by atoms with Gasteiger partial charge >= 0.3 is 12.1 Å². The molecule has 0 saturated heterocycles. The van der Waals surface area contributed by atoms with Gasteiger partial charge in [-0.05, 0) is 88.8 Å². The van der Waals surface area contributed by atoms with Crippen LogP contribution in [0, 0.1) is 0 Å². The lowest BCUT2D eigenvalue weighted by Gasteiger charge is -2.22. The number of hydrogen-bond donors (Lipinski definition) is 6. The Balaban J connectivity index is 1.34. The number of nitrogens with one attached hydrogen (secondary N) is 6. The van der Waals surface area contributed by atoms with Crippen LogP contribution < -0.4 is 26.6 Å². The molecule has 0 unspecified atom stereocenters. The van der Waals surface area contributed by atoms with Gasteiger partial charge in [0, 0.05) is 52.8 Å². The number of aromatic amines is 1. The number of alkyl carbamates (subject to hydrolysis) is 1. The van der Waals surface area contributed by atoms with Gasteiger partial charge < -0.3 is 36.3 Å². The molecule has 0 radical (unpaired) electrons. The Labute approximate surface area is 252 Å². The van der Waals surface area contributed by atoms with Gasteiger partial charge in [-0.2, -0.15) is 0 Å². The van der Waals surface area contributed by atoms with Crippen LogP contribution in [0.4, 0.5) is 21.0 Å². The summed E-state index contributed by atoms with van der Waals surface area (Å²) in [6.07, 6.45) is 5.68. The number of carbonyl (C=O) groups excluding carboxylic acids is 3. The third-order valence-electron chi connectivity index (χ3n) is 6.96. The van der Waals surface area contributed by atoms with Crippen molar-refractivity contribution in [3.8, 4) is 0 Å². The largest absolute Gasteiger partial charge is 0.444 e. The van der Waals surface area contributed by atoms with Crippen molar-refractivity contribution in [1.82, 2.24) is 20.9 Å². The van der Waals surface area contributed by atoms with E-state index in [9.17, 15) is 14.4 Å². The molecule has 0 saturated carbocycles. The van der Waals surface area contributed by atoms with Gasteiger partial charge in [-0.3, -0.25) is 4.79 Å². The standard InChI is InChI=1S/C33H42N6O4/c1-21-18-22(2)37-29-19-24(13-14-25(21)29)38-30(40)28(12-8-9-16-35-32(42)43-33(3,4)5)39-31(41)34-17-15-23-20-36-27-11-7-6-10-26(23)27/h6-7,10-11,13-14,18-20,28,36-37H,2,8-9,12,15-17H2,1,3-5H3,(H,35,42)(H,38,40)(H2,34,39,41)/t28-/m0/s1. The zero-order valence-electron chi connectivity index (χ0n) is 25.4. The molecule has 4 rings (SSSR count). The average molecular weight is 587 g/mol. The third kappa shape index (κ3) is 9.13. The van der Waals surface area contributed by atoms with E-state index in [1.807, 2.05) is 61.7 Å². The Morgan fingerprint density at radius 2 is 1.81 bits per heavy atom. The van der Waals surface area contributed by atoms with Gasteiger partial charge in [0.15, 0.2) is 0 Å². The first kappa shape index (κ1) is 31.2. The van der Waals surface area contributed by atoms with Gasteiger partial charge in [0.1, 0.15) is 11.6 Å². The van der Waals surface area contributed by atoms with Crippen molar-refractivity contribution in [2.45, 2.75) is 65.0 Å². The Bertz CT molecular complexity index is 1520. The van der Waals surface area contributed by atoms with Crippen molar-refractivity contribution < 1.29 is 19.1 Å². The lowest BCUT2D eigenvalue weighted by Crippen LogP contribution is -2.48. The van der Waals surface area contributed by atoms with Crippen molar-refractivity contribution >= 4 is 45.9 Å². The van der Waals surface area contributed by atoms with E-state index in [0.717, 1.165) is 39.0 Å². The molecule has 10 heteroatoms. The van der Waals surface area contributed by atoms with Crippen molar-refractivity contribution in [3.63, 3.8) is 0 Å². The minimum Gasteiger partial charge on any atom is -0.444 e. The summed E-state index contributed by atoms with van der Waals surface area (Å²) in [4.78, 5) is 41.4. The molecule has 1 aromatic heterocycles. The highest BCUT2D eigenvalue weighted by Crippen LogP contribution is 2.32. The molecule has 1 atom stereocenters. The van der Waals surface area contributed by atoms with E-state index < -0.39 is 23.8 Å². The van der Waals surface area contributed by atoms with Gasteiger partial charge in [0.05, 0.1) is 0 Å². The second-order valence-electron chi connectivity index (χ2n) is 11.7. The van der Waals surface area contributed by atoms with Gasteiger partial charge in [0.2, 0.25) is 5.91 Å². The number of carbonyl (C=O) groups is 3. The molecule has 0 fully saturated rings. The molecule has 4 amide bonds. The predicted octanol–water partition coefficient (Wildman–Crippen LogP) is 6.05. The smallest absolute Gasteiger partial charge is 0.407 e. The summed E-state index contributed by atoms with van der Waals surface area (Å²) >= 11 is 0. The number of para-hydroxylation sites is 1. The van der Waals surface area contributed by atoms with E-state index in [1.165, 1.54) is 0 Å². The Kier molecular flexibility index (Phi) is 10.1. The van der Waals surface area contributed by atoms with E-state index in [0.29, 0.717) is 44.5 Å². The van der Waals surface area contributed by atoms with Crippen molar-refractivity contribution in [3.05, 3.63) is 78.1 Å². The highest BCUT2D eigenvalue weighted by Gasteiger charge is 2.22. The number of unbranched alkanes of at least 4 members (excludes halogenated alkanes) is 1. The topological polar surface area (TPSA) is 136 Å². The monoisotopic (exact) mass is 586 g/mol. The molecule has 2 heterocycles. The van der Waals surface area contributed by atoms with Crippen molar-refractivity contribution in [1.29, 1.82) is 0 Å². The van der Waals surface area contributed by atoms with Crippen LogP contribution in [0.15, 0.2) is 67.0 Å². The summed E-state index contributed by atoms with van der Waals surface area (Å²) < 4.78 is 5.27. The van der Waals surface area contributed by atoms with E-state index in [2.05, 4.69) is 38.1 Å².